The molecule has 0 aliphatic carbocycles. The molecule has 0 N–H and O–H groups in total. The van der Waals surface area contributed by atoms with Crippen molar-refractivity contribution < 1.29 is 0 Å². The summed E-state index contributed by atoms with van der Waals surface area (Å²) in [5.74, 6) is 0. The predicted molar refractivity (Wildman–Crippen MR) is 335 cm³/mol. The Kier molecular flexibility index (Phi) is 11.2. The maximum Gasteiger partial charge on any atom is 0.0992 e. The molecule has 0 spiro atoms. The fraction of sp³-hybridized carbons (Fsp3) is 0. The van der Waals surface area contributed by atoms with Gasteiger partial charge in [-0.1, -0.05) is 140 Å². The van der Waals surface area contributed by atoms with E-state index in [1.807, 2.05) is 60.7 Å². The zero-order valence-electron chi connectivity index (χ0n) is 44.1. The first-order valence-corrected chi connectivity index (χ1v) is 27.2. The molecule has 4 heterocycles. The number of fused-ring (bicyclic) bond motifs is 12. The summed E-state index contributed by atoms with van der Waals surface area (Å²) in [6.45, 7) is 0. The minimum atomic E-state index is 0.642. The fourth-order valence-corrected chi connectivity index (χ4v) is 12.4. The molecule has 0 aliphatic heterocycles. The first-order valence-electron chi connectivity index (χ1n) is 27.2. The monoisotopic (exact) mass is 1040 g/mol. The normalized spacial score (nSPS) is 11.4. The van der Waals surface area contributed by atoms with Gasteiger partial charge in [0.2, 0.25) is 0 Å². The lowest BCUT2D eigenvalue weighted by Gasteiger charge is -2.10. The largest absolute Gasteiger partial charge is 0.309 e. The summed E-state index contributed by atoms with van der Waals surface area (Å²) >= 11 is 0. The van der Waals surface area contributed by atoms with Crippen molar-refractivity contribution in [1.29, 1.82) is 15.8 Å². The molecule has 7 heteroatoms. The summed E-state index contributed by atoms with van der Waals surface area (Å²) < 4.78 is 9.10. The van der Waals surface area contributed by atoms with Crippen LogP contribution in [0, 0.1) is 34.0 Å². The van der Waals surface area contributed by atoms with Crippen LogP contribution >= 0.6 is 0 Å². The van der Waals surface area contributed by atoms with Gasteiger partial charge in [0.05, 0.1) is 79.0 Å². The van der Waals surface area contributed by atoms with Gasteiger partial charge in [0.15, 0.2) is 0 Å². The second kappa shape index (κ2) is 19.3. The van der Waals surface area contributed by atoms with Gasteiger partial charge < -0.3 is 18.3 Å². The number of rotatable bonds is 6. The summed E-state index contributed by atoms with van der Waals surface area (Å²) in [5.41, 5.74) is 19.9. The van der Waals surface area contributed by atoms with Crippen LogP contribution in [0.4, 0.5) is 0 Å². The standard InChI is InChI=1S/C38H22N4.C37H23N3/c39-23-25-6-5-7-30(20-25)42-36-11-4-2-9-32(36)34-22-28(15-19-38(34)42)27-13-16-29(17-14-27)41-35-10-3-1-8-31(35)33-21-26(24-40)12-18-37(33)41;38-24-25-8-7-9-29(22-25)40-36-15-6-3-12-32(36)33-23-27(18-21-37(33)40)26-16-19-28(20-17-26)39-34-13-4-1-10-30(34)31-11-2-5-14-35(31)39/h1-22H;1-23H. The van der Waals surface area contributed by atoms with Crippen molar-refractivity contribution in [1.82, 2.24) is 18.3 Å². The topological polar surface area (TPSA) is 91.1 Å². The molecule has 0 bridgehead atoms. The van der Waals surface area contributed by atoms with E-state index in [0.29, 0.717) is 16.7 Å². The highest BCUT2D eigenvalue weighted by atomic mass is 15.0. The lowest BCUT2D eigenvalue weighted by molar-refractivity contribution is 1.18. The molecule has 7 nitrogen and oxygen atoms in total. The van der Waals surface area contributed by atoms with Crippen LogP contribution in [0.3, 0.4) is 0 Å². The van der Waals surface area contributed by atoms with Gasteiger partial charge in [-0.05, 0) is 156 Å². The van der Waals surface area contributed by atoms with Gasteiger partial charge >= 0.3 is 0 Å². The van der Waals surface area contributed by atoms with E-state index in [1.165, 1.54) is 54.5 Å². The highest BCUT2D eigenvalue weighted by Crippen LogP contribution is 2.39. The van der Waals surface area contributed by atoms with Crippen molar-refractivity contribution in [3.8, 4) is 63.2 Å². The van der Waals surface area contributed by atoms with Crippen LogP contribution < -0.4 is 0 Å². The van der Waals surface area contributed by atoms with Gasteiger partial charge in [0, 0.05) is 65.8 Å². The first-order chi connectivity index (χ1) is 40.5. The number of aromatic nitrogens is 4. The molecule has 0 aliphatic rings. The molecule has 0 radical (unpaired) electrons. The minimum Gasteiger partial charge on any atom is -0.309 e. The molecule has 0 unspecified atom stereocenters. The molecular formula is C75H45N7. The Bertz CT molecular complexity index is 5320. The van der Waals surface area contributed by atoms with Crippen LogP contribution in [0.15, 0.2) is 273 Å². The van der Waals surface area contributed by atoms with Crippen molar-refractivity contribution in [2.24, 2.45) is 0 Å². The van der Waals surface area contributed by atoms with E-state index in [9.17, 15) is 15.8 Å². The highest BCUT2D eigenvalue weighted by molar-refractivity contribution is 6.13. The average molecular weight is 1040 g/mol. The Labute approximate surface area is 471 Å². The van der Waals surface area contributed by atoms with E-state index in [4.69, 9.17) is 0 Å². The number of nitriles is 3. The van der Waals surface area contributed by atoms with Gasteiger partial charge in [-0.2, -0.15) is 15.8 Å². The number of hydrogen-bond acceptors (Lipinski definition) is 3. The van der Waals surface area contributed by atoms with Gasteiger partial charge in [-0.15, -0.1) is 0 Å². The van der Waals surface area contributed by atoms with Crippen LogP contribution in [0.1, 0.15) is 16.7 Å². The van der Waals surface area contributed by atoms with Gasteiger partial charge in [-0.3, -0.25) is 0 Å². The third kappa shape index (κ3) is 7.71. The third-order valence-corrected chi connectivity index (χ3v) is 16.1. The highest BCUT2D eigenvalue weighted by Gasteiger charge is 2.18. The number of hydrogen-bond donors (Lipinski definition) is 0. The van der Waals surface area contributed by atoms with E-state index in [-0.39, 0.29) is 0 Å². The molecule has 82 heavy (non-hydrogen) atoms. The van der Waals surface area contributed by atoms with E-state index in [2.05, 4.69) is 249 Å². The summed E-state index contributed by atoms with van der Waals surface area (Å²) in [7, 11) is 0. The molecule has 0 atom stereocenters. The van der Waals surface area contributed by atoms with Crippen LogP contribution in [-0.2, 0) is 0 Å². The Morgan fingerprint density at radius 3 is 0.841 bits per heavy atom. The smallest absolute Gasteiger partial charge is 0.0992 e. The predicted octanol–water partition coefficient (Wildman–Crippen LogP) is 18.7. The van der Waals surface area contributed by atoms with Gasteiger partial charge in [0.25, 0.3) is 0 Å². The summed E-state index contributed by atoms with van der Waals surface area (Å²) in [5, 5.41) is 37.9. The molecular weight excluding hydrogens is 999 g/mol. The molecule has 16 rings (SSSR count). The number of benzene rings is 12. The fourth-order valence-electron chi connectivity index (χ4n) is 12.4. The van der Waals surface area contributed by atoms with Crippen molar-refractivity contribution >= 4 is 87.2 Å². The number of nitrogens with zero attached hydrogens (tertiary/aromatic N) is 7. The van der Waals surface area contributed by atoms with Crippen molar-refractivity contribution in [2.45, 2.75) is 0 Å². The zero-order valence-corrected chi connectivity index (χ0v) is 44.1. The molecule has 0 amide bonds. The minimum absolute atomic E-state index is 0.642. The lowest BCUT2D eigenvalue weighted by Crippen LogP contribution is -1.94. The van der Waals surface area contributed by atoms with Crippen LogP contribution in [0.5, 0.6) is 0 Å². The Balaban J connectivity index is 0.000000141. The van der Waals surface area contributed by atoms with E-state index >= 15 is 0 Å². The molecule has 380 valence electrons. The molecule has 0 saturated heterocycles. The molecule has 4 aromatic heterocycles. The third-order valence-electron chi connectivity index (χ3n) is 16.1. The second-order valence-electron chi connectivity index (χ2n) is 20.7. The Hall–Kier alpha value is -11.7. The summed E-state index contributed by atoms with van der Waals surface area (Å²) in [6, 6.07) is 102. The van der Waals surface area contributed by atoms with Crippen molar-refractivity contribution in [3.63, 3.8) is 0 Å². The quantitative estimate of drug-likeness (QED) is 0.166. The lowest BCUT2D eigenvalue weighted by atomic mass is 10.0. The van der Waals surface area contributed by atoms with Gasteiger partial charge in [0.1, 0.15) is 0 Å². The Morgan fingerprint density at radius 1 is 0.195 bits per heavy atom. The van der Waals surface area contributed by atoms with Crippen molar-refractivity contribution in [2.75, 3.05) is 0 Å². The van der Waals surface area contributed by atoms with Gasteiger partial charge in [-0.25, -0.2) is 0 Å². The molecule has 12 aromatic carbocycles. The maximum atomic E-state index is 9.48. The zero-order chi connectivity index (χ0) is 54.8. The van der Waals surface area contributed by atoms with Crippen LogP contribution in [0.25, 0.3) is 132 Å². The maximum absolute atomic E-state index is 9.48. The first kappa shape index (κ1) is 47.5. The van der Waals surface area contributed by atoms with Crippen LogP contribution in [-0.4, -0.2) is 18.3 Å². The van der Waals surface area contributed by atoms with E-state index < -0.39 is 0 Å². The molecule has 0 saturated carbocycles. The van der Waals surface area contributed by atoms with E-state index in [1.54, 1.807) is 0 Å². The Morgan fingerprint density at radius 2 is 0.476 bits per heavy atom. The second-order valence-corrected chi connectivity index (χ2v) is 20.7. The summed E-state index contributed by atoms with van der Waals surface area (Å²) in [6.07, 6.45) is 0. The SMILES string of the molecule is N#Cc1cccc(-n2c3ccccc3c3cc(-c4ccc(-n5c6ccccc6c6cc(C#N)ccc65)cc4)ccc32)c1.N#Cc1cccc(-n2c3ccccc3c3cc(-c4ccc(-n5c6ccccc6c6ccccc65)cc4)ccc32)c1. The number of para-hydroxylation sites is 5. The average Bonchev–Trinajstić information content (AvgIpc) is 4.48. The summed E-state index contributed by atoms with van der Waals surface area (Å²) in [4.78, 5) is 0. The van der Waals surface area contributed by atoms with E-state index in [0.717, 1.165) is 77.7 Å². The molecule has 0 fully saturated rings. The van der Waals surface area contributed by atoms with Crippen LogP contribution in [0.2, 0.25) is 0 Å². The van der Waals surface area contributed by atoms with Crippen molar-refractivity contribution in [3.05, 3.63) is 290 Å². The molecule has 16 aromatic rings.